The van der Waals surface area contributed by atoms with E-state index in [1.54, 1.807) is 7.11 Å². The molecule has 51 heavy (non-hydrogen) atoms. The number of aliphatic hydroxyl groups is 1. The Labute approximate surface area is 303 Å². The molecule has 3 N–H and O–H groups in total. The average Bonchev–Trinajstić information content (AvgIpc) is 3.57. The zero-order valence-electron chi connectivity index (χ0n) is 30.3. The highest BCUT2D eigenvalue weighted by Gasteiger charge is 2.51. The molecule has 0 radical (unpaired) electrons. The number of urea groups is 1. The summed E-state index contributed by atoms with van der Waals surface area (Å²) in [6.07, 6.45) is 9.12. The van der Waals surface area contributed by atoms with Crippen LogP contribution in [0.4, 0.5) is 4.79 Å². The molecule has 5 atom stereocenters. The SMILES string of the molecule is COC[C@@H]1CCCN1C[C@@H]1O[C@H](c2cccc(-c3cccc(CNC(=O)NC45CC6CC(CC(C6)C4)C5)c3)c2)O[C@H](c2ccc(CO)cc2)[C@@H]1C. The van der Waals surface area contributed by atoms with Gasteiger partial charge in [-0.25, -0.2) is 4.79 Å². The topological polar surface area (TPSA) is 92.3 Å². The van der Waals surface area contributed by atoms with Crippen LogP contribution in [0.15, 0.2) is 72.8 Å². The van der Waals surface area contributed by atoms with E-state index < -0.39 is 6.29 Å². The first-order valence-electron chi connectivity index (χ1n) is 19.4. The highest BCUT2D eigenvalue weighted by Crippen LogP contribution is 2.55. The fourth-order valence-corrected chi connectivity index (χ4v) is 10.5. The number of benzene rings is 3. The summed E-state index contributed by atoms with van der Waals surface area (Å²) in [6.45, 7) is 5.34. The molecule has 9 rings (SSSR count). The van der Waals surface area contributed by atoms with Crippen LogP contribution < -0.4 is 10.6 Å². The molecule has 0 spiro atoms. The van der Waals surface area contributed by atoms with E-state index in [-0.39, 0.29) is 36.3 Å². The fraction of sp³-hybridized carbons (Fsp3) is 0.558. The number of carbonyl (C=O) groups is 1. The molecule has 0 aromatic heterocycles. The van der Waals surface area contributed by atoms with Gasteiger partial charge < -0.3 is 30.0 Å². The second-order valence-electron chi connectivity index (χ2n) is 16.4. The molecule has 272 valence electrons. The van der Waals surface area contributed by atoms with Crippen molar-refractivity contribution in [3.63, 3.8) is 0 Å². The van der Waals surface area contributed by atoms with E-state index in [4.69, 9.17) is 14.2 Å². The number of rotatable bonds is 11. The molecule has 0 unspecified atom stereocenters. The molecule has 2 saturated heterocycles. The number of hydrogen-bond donors (Lipinski definition) is 3. The van der Waals surface area contributed by atoms with Crippen LogP contribution in [0.25, 0.3) is 11.1 Å². The second-order valence-corrected chi connectivity index (χ2v) is 16.4. The summed E-state index contributed by atoms with van der Waals surface area (Å²) in [6, 6.07) is 25.4. The van der Waals surface area contributed by atoms with Crippen molar-refractivity contribution in [2.24, 2.45) is 23.7 Å². The monoisotopic (exact) mass is 693 g/mol. The van der Waals surface area contributed by atoms with Crippen molar-refractivity contribution in [2.75, 3.05) is 26.8 Å². The van der Waals surface area contributed by atoms with Gasteiger partial charge in [-0.2, -0.15) is 0 Å². The number of hydrogen-bond acceptors (Lipinski definition) is 6. The maximum Gasteiger partial charge on any atom is 0.315 e. The van der Waals surface area contributed by atoms with Crippen molar-refractivity contribution in [3.8, 4) is 11.1 Å². The Morgan fingerprint density at radius 2 is 1.61 bits per heavy atom. The van der Waals surface area contributed by atoms with Gasteiger partial charge in [-0.1, -0.05) is 67.6 Å². The van der Waals surface area contributed by atoms with Gasteiger partial charge >= 0.3 is 6.03 Å². The van der Waals surface area contributed by atoms with Crippen molar-refractivity contribution >= 4 is 6.03 Å². The molecule has 4 aliphatic carbocycles. The lowest BCUT2D eigenvalue weighted by atomic mass is 9.53. The summed E-state index contributed by atoms with van der Waals surface area (Å²) in [5.74, 6) is 2.51. The van der Waals surface area contributed by atoms with E-state index in [9.17, 15) is 9.90 Å². The van der Waals surface area contributed by atoms with Crippen LogP contribution >= 0.6 is 0 Å². The first-order chi connectivity index (χ1) is 24.9. The number of nitrogens with zero attached hydrogens (tertiary/aromatic N) is 1. The van der Waals surface area contributed by atoms with Gasteiger partial charge in [-0.3, -0.25) is 4.90 Å². The van der Waals surface area contributed by atoms with Gasteiger partial charge in [0, 0.05) is 43.3 Å². The van der Waals surface area contributed by atoms with Gasteiger partial charge in [-0.15, -0.1) is 0 Å². The van der Waals surface area contributed by atoms with Crippen molar-refractivity contribution in [3.05, 3.63) is 95.1 Å². The second kappa shape index (κ2) is 15.0. The number of carbonyl (C=O) groups excluding carboxylic acids is 1. The molecular formula is C43H55N3O5. The Kier molecular flexibility index (Phi) is 10.2. The highest BCUT2D eigenvalue weighted by molar-refractivity contribution is 5.75. The molecule has 4 saturated carbocycles. The summed E-state index contributed by atoms with van der Waals surface area (Å²) in [5.41, 5.74) is 6.21. The lowest BCUT2D eigenvalue weighted by Crippen LogP contribution is -2.61. The third-order valence-corrected chi connectivity index (χ3v) is 12.7. The minimum Gasteiger partial charge on any atom is -0.392 e. The van der Waals surface area contributed by atoms with E-state index in [0.29, 0.717) is 12.6 Å². The molecule has 3 aromatic carbocycles. The standard InChI is InChI=1S/C43H55N3O5/c1-28-39(25-46-15-5-10-38(46)27-49-2)50-41(51-40(28)34-13-11-29(26-47)12-14-34)37-9-4-8-36(20-37)35-7-3-6-30(19-35)24-44-42(48)45-43-21-31-16-32(22-43)18-33(17-31)23-43/h3-4,6-9,11-14,19-20,28,31-33,38-41,47H,5,10,15-18,21-27H2,1-2H3,(H2,44,45,48)/t28-,31?,32?,33?,38+,39+,40+,41+,43?/m1/s1. The van der Waals surface area contributed by atoms with Crippen molar-refractivity contribution in [1.82, 2.24) is 15.5 Å². The van der Waals surface area contributed by atoms with Crippen molar-refractivity contribution in [2.45, 2.75) is 102 Å². The zero-order valence-corrected chi connectivity index (χ0v) is 30.3. The van der Waals surface area contributed by atoms with Crippen LogP contribution in [0.5, 0.6) is 0 Å². The predicted molar refractivity (Wildman–Crippen MR) is 198 cm³/mol. The summed E-state index contributed by atoms with van der Waals surface area (Å²) in [4.78, 5) is 15.7. The molecule has 4 bridgehead atoms. The van der Waals surface area contributed by atoms with Crippen LogP contribution in [-0.2, 0) is 27.4 Å². The first kappa shape index (κ1) is 34.8. The van der Waals surface area contributed by atoms with Crippen LogP contribution in [0.3, 0.4) is 0 Å². The van der Waals surface area contributed by atoms with Crippen LogP contribution in [-0.4, -0.2) is 60.5 Å². The summed E-state index contributed by atoms with van der Waals surface area (Å²) in [5, 5.41) is 16.3. The molecule has 2 amide bonds. The minimum absolute atomic E-state index is 0.00315. The molecule has 3 aromatic rings. The normalized spacial score (nSPS) is 33.0. The van der Waals surface area contributed by atoms with Gasteiger partial charge in [-0.05, 0) is 116 Å². The smallest absolute Gasteiger partial charge is 0.315 e. The van der Waals surface area contributed by atoms with E-state index in [1.807, 2.05) is 12.1 Å². The Morgan fingerprint density at radius 3 is 2.31 bits per heavy atom. The zero-order chi connectivity index (χ0) is 35.0. The molecule has 6 aliphatic rings. The van der Waals surface area contributed by atoms with Gasteiger partial charge in [0.1, 0.15) is 0 Å². The van der Waals surface area contributed by atoms with Crippen molar-refractivity contribution in [1.29, 1.82) is 0 Å². The van der Waals surface area contributed by atoms with Gasteiger partial charge in [0.15, 0.2) is 6.29 Å². The number of ether oxygens (including phenoxy) is 3. The van der Waals surface area contributed by atoms with Crippen molar-refractivity contribution < 1.29 is 24.1 Å². The fourth-order valence-electron chi connectivity index (χ4n) is 10.5. The Morgan fingerprint density at radius 1 is 0.902 bits per heavy atom. The molecule has 6 fully saturated rings. The Hall–Kier alpha value is -3.27. The van der Waals surface area contributed by atoms with Crippen LogP contribution in [0, 0.1) is 23.7 Å². The molecule has 8 heteroatoms. The predicted octanol–water partition coefficient (Wildman–Crippen LogP) is 7.52. The lowest BCUT2D eigenvalue weighted by molar-refractivity contribution is -0.276. The largest absolute Gasteiger partial charge is 0.392 e. The highest BCUT2D eigenvalue weighted by atomic mass is 16.7. The number of methoxy groups -OCH3 is 1. The van der Waals surface area contributed by atoms with E-state index in [2.05, 4.69) is 83.1 Å². The molecular weight excluding hydrogens is 638 g/mol. The first-order valence-corrected chi connectivity index (χ1v) is 19.4. The van der Waals surface area contributed by atoms with Gasteiger partial charge in [0.05, 0.1) is 25.4 Å². The third kappa shape index (κ3) is 7.63. The van der Waals surface area contributed by atoms with E-state index >= 15 is 0 Å². The Bertz CT molecular complexity index is 1630. The van der Waals surface area contributed by atoms with Gasteiger partial charge in [0.2, 0.25) is 0 Å². The van der Waals surface area contributed by atoms with Gasteiger partial charge in [0.25, 0.3) is 0 Å². The van der Waals surface area contributed by atoms with Crippen LogP contribution in [0.2, 0.25) is 0 Å². The molecule has 8 nitrogen and oxygen atoms in total. The minimum atomic E-state index is -0.532. The summed E-state index contributed by atoms with van der Waals surface area (Å²) < 4.78 is 19.2. The molecule has 2 aliphatic heterocycles. The number of likely N-dealkylation sites (tertiary alicyclic amines) is 1. The summed E-state index contributed by atoms with van der Waals surface area (Å²) >= 11 is 0. The lowest BCUT2D eigenvalue weighted by Gasteiger charge is -2.56. The number of nitrogens with one attached hydrogen (secondary N) is 2. The maximum atomic E-state index is 13.2. The van der Waals surface area contributed by atoms with Crippen LogP contribution in [0.1, 0.15) is 92.9 Å². The third-order valence-electron chi connectivity index (χ3n) is 12.7. The maximum absolute atomic E-state index is 13.2. The molecule has 2 heterocycles. The quantitative estimate of drug-likeness (QED) is 0.193. The number of amides is 2. The van der Waals surface area contributed by atoms with E-state index in [0.717, 1.165) is 96.5 Å². The Balaban J connectivity index is 0.971. The van der Waals surface area contributed by atoms with E-state index in [1.165, 1.54) is 25.7 Å². The number of aliphatic hydroxyl groups excluding tert-OH is 1. The average molecular weight is 694 g/mol. The summed E-state index contributed by atoms with van der Waals surface area (Å²) in [7, 11) is 1.78.